The maximum absolute atomic E-state index is 12.9. The van der Waals surface area contributed by atoms with Gasteiger partial charge >= 0.3 is 0 Å². The molecule has 3 aromatic rings. The van der Waals surface area contributed by atoms with E-state index in [0.717, 1.165) is 36.2 Å². The maximum Gasteiger partial charge on any atom is 0.240 e. The molecular formula is C21H27N7O2S. The van der Waals surface area contributed by atoms with Crippen molar-refractivity contribution in [3.8, 4) is 22.5 Å². The number of anilines is 1. The normalized spacial score (nSPS) is 16.7. The van der Waals surface area contributed by atoms with Gasteiger partial charge in [-0.3, -0.25) is 4.68 Å². The van der Waals surface area contributed by atoms with E-state index >= 15 is 0 Å². The monoisotopic (exact) mass is 441 g/mol. The molecule has 0 aliphatic carbocycles. The van der Waals surface area contributed by atoms with Crippen LogP contribution in [0.4, 0.5) is 5.82 Å². The predicted molar refractivity (Wildman–Crippen MR) is 120 cm³/mol. The van der Waals surface area contributed by atoms with Gasteiger partial charge in [-0.15, -0.1) is 0 Å². The molecular weight excluding hydrogens is 414 g/mol. The number of nitrogens with zero attached hydrogens (tertiary/aromatic N) is 4. The lowest BCUT2D eigenvalue weighted by Gasteiger charge is -2.14. The van der Waals surface area contributed by atoms with Gasteiger partial charge in [0.15, 0.2) is 0 Å². The van der Waals surface area contributed by atoms with E-state index in [2.05, 4.69) is 20.1 Å². The van der Waals surface area contributed by atoms with Crippen LogP contribution in [0, 0.1) is 13.8 Å². The average molecular weight is 442 g/mol. The van der Waals surface area contributed by atoms with Crippen LogP contribution in [0.2, 0.25) is 0 Å². The van der Waals surface area contributed by atoms with Crippen LogP contribution >= 0.6 is 0 Å². The zero-order chi connectivity index (χ0) is 22.2. The van der Waals surface area contributed by atoms with Gasteiger partial charge in [0.2, 0.25) is 10.0 Å². The summed E-state index contributed by atoms with van der Waals surface area (Å²) < 4.78 is 30.1. The van der Waals surface area contributed by atoms with Crippen LogP contribution in [0.25, 0.3) is 22.5 Å². The van der Waals surface area contributed by atoms with Crippen molar-refractivity contribution < 1.29 is 8.42 Å². The molecule has 4 N–H and O–H groups in total. The highest BCUT2D eigenvalue weighted by molar-refractivity contribution is 7.89. The molecule has 9 nitrogen and oxygen atoms in total. The number of rotatable bonds is 6. The Morgan fingerprint density at radius 1 is 1.29 bits per heavy atom. The lowest BCUT2D eigenvalue weighted by molar-refractivity contribution is 0.552. The summed E-state index contributed by atoms with van der Waals surface area (Å²) in [6.45, 7) is 5.09. The first kappa shape index (κ1) is 21.4. The molecule has 1 saturated heterocycles. The van der Waals surface area contributed by atoms with Crippen LogP contribution < -0.4 is 15.8 Å². The molecule has 164 valence electrons. The van der Waals surface area contributed by atoms with Crippen molar-refractivity contribution >= 4 is 15.8 Å². The van der Waals surface area contributed by atoms with Gasteiger partial charge in [-0.05, 0) is 50.9 Å². The molecule has 1 aliphatic heterocycles. The summed E-state index contributed by atoms with van der Waals surface area (Å²) in [4.78, 5) is 9.22. The smallest absolute Gasteiger partial charge is 0.240 e. The third-order valence-corrected chi connectivity index (χ3v) is 6.97. The standard InChI is InChI=1S/C21H27N7O2S/c1-13-6-7-16(31(29,30)25-10-15-5-4-8-23-15)9-17(13)19-11-24-21(22)20(26-19)18-12-28(3)27-14(18)2/h6-7,9,11-12,15,23,25H,4-5,8,10H2,1-3H3,(H2,22,24)/t15-/m1/s1. The van der Waals surface area contributed by atoms with Gasteiger partial charge in [0, 0.05) is 37.0 Å². The van der Waals surface area contributed by atoms with Crippen LogP contribution in [-0.2, 0) is 17.1 Å². The topological polar surface area (TPSA) is 128 Å². The molecule has 1 aliphatic rings. The van der Waals surface area contributed by atoms with Crippen LogP contribution in [-0.4, -0.2) is 47.3 Å². The Hall–Kier alpha value is -2.82. The molecule has 3 heterocycles. The highest BCUT2D eigenvalue weighted by Crippen LogP contribution is 2.30. The summed E-state index contributed by atoms with van der Waals surface area (Å²) in [5.74, 6) is 0.298. The molecule has 0 saturated carbocycles. The lowest BCUT2D eigenvalue weighted by atomic mass is 10.1. The largest absolute Gasteiger partial charge is 0.382 e. The quantitative estimate of drug-likeness (QED) is 0.532. The van der Waals surface area contributed by atoms with Crippen molar-refractivity contribution in [2.24, 2.45) is 7.05 Å². The Labute approximate surface area is 182 Å². The number of nitrogen functional groups attached to an aromatic ring is 1. The summed E-state index contributed by atoms with van der Waals surface area (Å²) in [5.41, 5.74) is 10.3. The number of aromatic nitrogens is 4. The number of sulfonamides is 1. The summed E-state index contributed by atoms with van der Waals surface area (Å²) >= 11 is 0. The first-order chi connectivity index (χ1) is 14.7. The third kappa shape index (κ3) is 4.46. The molecule has 4 rings (SSSR count). The van der Waals surface area contributed by atoms with Gasteiger partial charge in [-0.2, -0.15) is 5.10 Å². The molecule has 0 spiro atoms. The number of benzene rings is 1. The fraction of sp³-hybridized carbons (Fsp3) is 0.381. The number of nitrogens with two attached hydrogens (primary N) is 1. The minimum atomic E-state index is -3.65. The van der Waals surface area contributed by atoms with Crippen molar-refractivity contribution in [2.45, 2.75) is 37.6 Å². The van der Waals surface area contributed by atoms with Gasteiger partial charge < -0.3 is 11.1 Å². The fourth-order valence-corrected chi connectivity index (χ4v) is 4.93. The van der Waals surface area contributed by atoms with E-state index in [0.29, 0.717) is 29.3 Å². The fourth-order valence-electron chi connectivity index (χ4n) is 3.83. The van der Waals surface area contributed by atoms with E-state index < -0.39 is 10.0 Å². The molecule has 31 heavy (non-hydrogen) atoms. The highest BCUT2D eigenvalue weighted by atomic mass is 32.2. The van der Waals surface area contributed by atoms with Gasteiger partial charge in [-0.25, -0.2) is 23.1 Å². The van der Waals surface area contributed by atoms with Crippen LogP contribution in [0.1, 0.15) is 24.1 Å². The third-order valence-electron chi connectivity index (χ3n) is 5.55. The number of nitrogens with one attached hydrogen (secondary N) is 2. The summed E-state index contributed by atoms with van der Waals surface area (Å²) in [6.07, 6.45) is 5.45. The second kappa shape index (κ2) is 8.37. The average Bonchev–Trinajstić information content (AvgIpc) is 3.36. The first-order valence-corrected chi connectivity index (χ1v) is 11.7. The molecule has 0 radical (unpaired) electrons. The lowest BCUT2D eigenvalue weighted by Crippen LogP contribution is -2.37. The zero-order valence-electron chi connectivity index (χ0n) is 17.9. The Balaban J connectivity index is 1.69. The molecule has 0 bridgehead atoms. The van der Waals surface area contributed by atoms with Gasteiger partial charge in [0.25, 0.3) is 0 Å². The van der Waals surface area contributed by atoms with Crippen molar-refractivity contribution in [1.29, 1.82) is 0 Å². The molecule has 2 aromatic heterocycles. The van der Waals surface area contributed by atoms with Crippen LogP contribution in [0.3, 0.4) is 0 Å². The molecule has 10 heteroatoms. The molecule has 0 amide bonds. The number of aryl methyl sites for hydroxylation is 3. The second-order valence-corrected chi connectivity index (χ2v) is 9.68. The summed E-state index contributed by atoms with van der Waals surface area (Å²) in [5, 5.41) is 7.65. The predicted octanol–water partition coefficient (Wildman–Crippen LogP) is 1.77. The molecule has 0 unspecified atom stereocenters. The second-order valence-electron chi connectivity index (χ2n) is 7.91. The zero-order valence-corrected chi connectivity index (χ0v) is 18.7. The summed E-state index contributed by atoms with van der Waals surface area (Å²) in [6, 6.07) is 5.21. The minimum absolute atomic E-state index is 0.174. The van der Waals surface area contributed by atoms with Crippen LogP contribution in [0.15, 0.2) is 35.5 Å². The van der Waals surface area contributed by atoms with E-state index in [1.54, 1.807) is 29.1 Å². The minimum Gasteiger partial charge on any atom is -0.382 e. The Morgan fingerprint density at radius 3 is 2.77 bits per heavy atom. The van der Waals surface area contributed by atoms with E-state index in [1.165, 1.54) is 0 Å². The Bertz CT molecular complexity index is 1210. The van der Waals surface area contributed by atoms with Crippen LogP contribution in [0.5, 0.6) is 0 Å². The summed E-state index contributed by atoms with van der Waals surface area (Å²) in [7, 11) is -1.82. The van der Waals surface area contributed by atoms with Crippen molar-refractivity contribution in [2.75, 3.05) is 18.8 Å². The Morgan fingerprint density at radius 2 is 2.10 bits per heavy atom. The molecule has 1 aromatic carbocycles. The van der Waals surface area contributed by atoms with Crippen molar-refractivity contribution in [1.82, 2.24) is 29.8 Å². The molecule has 1 fully saturated rings. The molecule has 1 atom stereocenters. The van der Waals surface area contributed by atoms with Gasteiger partial charge in [0.1, 0.15) is 11.5 Å². The first-order valence-electron chi connectivity index (χ1n) is 10.2. The van der Waals surface area contributed by atoms with E-state index in [1.807, 2.05) is 27.1 Å². The van der Waals surface area contributed by atoms with E-state index in [-0.39, 0.29) is 10.9 Å². The maximum atomic E-state index is 12.9. The van der Waals surface area contributed by atoms with E-state index in [9.17, 15) is 8.42 Å². The number of hydrogen-bond donors (Lipinski definition) is 3. The Kier molecular flexibility index (Phi) is 5.78. The highest BCUT2D eigenvalue weighted by Gasteiger charge is 2.21. The van der Waals surface area contributed by atoms with Gasteiger partial charge in [0.05, 0.1) is 22.5 Å². The SMILES string of the molecule is Cc1ccc(S(=O)(=O)NC[C@H]2CCCN2)cc1-c1cnc(N)c(-c2cn(C)nc2C)n1. The number of hydrogen-bond acceptors (Lipinski definition) is 7. The van der Waals surface area contributed by atoms with Gasteiger partial charge in [-0.1, -0.05) is 6.07 Å². The van der Waals surface area contributed by atoms with E-state index in [4.69, 9.17) is 10.7 Å². The van der Waals surface area contributed by atoms with Crippen molar-refractivity contribution in [3.05, 3.63) is 41.9 Å². The van der Waals surface area contributed by atoms with Crippen molar-refractivity contribution in [3.63, 3.8) is 0 Å².